The number of carbonyl (C=O) groups excluding carboxylic acids is 2. The second-order valence-electron chi connectivity index (χ2n) is 5.87. The molecule has 3 N–H and O–H groups in total. The van der Waals surface area contributed by atoms with Crippen LogP contribution in [-0.4, -0.2) is 58.0 Å². The summed E-state index contributed by atoms with van der Waals surface area (Å²) in [5.41, 5.74) is 5.16. The van der Waals surface area contributed by atoms with E-state index in [-0.39, 0.29) is 24.5 Å². The molecular weight excluding hydrogens is 274 g/mol. The first-order chi connectivity index (χ1) is 9.95. The molecule has 1 heterocycles. The minimum Gasteiger partial charge on any atom is -0.480 e. The van der Waals surface area contributed by atoms with Crippen molar-refractivity contribution in [3.8, 4) is 0 Å². The molecule has 3 unspecified atom stereocenters. The number of likely N-dealkylation sites (N-methyl/N-ethyl adjacent to an activating group) is 1. The molecule has 0 aromatic rings. The van der Waals surface area contributed by atoms with E-state index in [0.717, 1.165) is 25.7 Å². The lowest BCUT2D eigenvalue weighted by atomic mass is 9.85. The van der Waals surface area contributed by atoms with Crippen LogP contribution in [-0.2, 0) is 9.59 Å². The Balaban J connectivity index is 2.21. The van der Waals surface area contributed by atoms with Crippen LogP contribution in [0.15, 0.2) is 0 Å². The summed E-state index contributed by atoms with van der Waals surface area (Å²) in [5, 5.41) is 9.41. The number of amides is 3. The van der Waals surface area contributed by atoms with Gasteiger partial charge in [-0.2, -0.15) is 0 Å². The van der Waals surface area contributed by atoms with Crippen LogP contribution in [0.3, 0.4) is 0 Å². The van der Waals surface area contributed by atoms with E-state index in [2.05, 4.69) is 0 Å². The van der Waals surface area contributed by atoms with Crippen molar-refractivity contribution in [1.29, 1.82) is 0 Å². The second-order valence-corrected chi connectivity index (χ2v) is 5.87. The van der Waals surface area contributed by atoms with Gasteiger partial charge in [0.2, 0.25) is 5.91 Å². The summed E-state index contributed by atoms with van der Waals surface area (Å²) >= 11 is 0. The van der Waals surface area contributed by atoms with Gasteiger partial charge in [-0.15, -0.1) is 0 Å². The molecule has 1 aliphatic heterocycles. The van der Waals surface area contributed by atoms with Crippen LogP contribution in [0.4, 0.5) is 4.79 Å². The molecule has 0 spiro atoms. The van der Waals surface area contributed by atoms with Crippen LogP contribution >= 0.6 is 0 Å². The second kappa shape index (κ2) is 6.32. The molecule has 0 radical (unpaired) electrons. The molecule has 21 heavy (non-hydrogen) atoms. The molecule has 3 atom stereocenters. The van der Waals surface area contributed by atoms with Crippen LogP contribution in [0.5, 0.6) is 0 Å². The summed E-state index contributed by atoms with van der Waals surface area (Å²) < 4.78 is 0. The Hall–Kier alpha value is -1.79. The van der Waals surface area contributed by atoms with Gasteiger partial charge < -0.3 is 20.6 Å². The van der Waals surface area contributed by atoms with Crippen molar-refractivity contribution in [2.45, 2.75) is 51.1 Å². The standard InChI is InChI=1S/C14H23N3O4/c1-2-16(8-12(15)18)14(21)17-10-6-4-3-5-9(10)7-11(17)13(19)20/h9-11H,2-8H2,1H3,(H2,15,18)(H,19,20). The first-order valence-corrected chi connectivity index (χ1v) is 7.54. The molecule has 0 aromatic heterocycles. The summed E-state index contributed by atoms with van der Waals surface area (Å²) in [6.07, 6.45) is 4.43. The Bertz CT molecular complexity index is 440. The molecule has 0 aromatic carbocycles. The lowest BCUT2D eigenvalue weighted by molar-refractivity contribution is -0.141. The number of likely N-dealkylation sites (tertiary alicyclic amines) is 1. The van der Waals surface area contributed by atoms with Gasteiger partial charge in [0.05, 0.1) is 0 Å². The fourth-order valence-corrected chi connectivity index (χ4v) is 3.62. The van der Waals surface area contributed by atoms with Crippen LogP contribution in [0.25, 0.3) is 0 Å². The van der Waals surface area contributed by atoms with Gasteiger partial charge in [0.15, 0.2) is 0 Å². The highest BCUT2D eigenvalue weighted by molar-refractivity contribution is 5.87. The van der Waals surface area contributed by atoms with E-state index in [1.54, 1.807) is 6.92 Å². The molecular formula is C14H23N3O4. The summed E-state index contributed by atoms with van der Waals surface area (Å²) in [6.45, 7) is 1.92. The SMILES string of the molecule is CCN(CC(N)=O)C(=O)N1C(C(=O)O)CC2CCCCC21. The van der Waals surface area contributed by atoms with Crippen LogP contribution in [0.1, 0.15) is 39.0 Å². The van der Waals surface area contributed by atoms with Gasteiger partial charge in [0.25, 0.3) is 0 Å². The quantitative estimate of drug-likeness (QED) is 0.794. The van der Waals surface area contributed by atoms with Gasteiger partial charge in [-0.25, -0.2) is 9.59 Å². The Morgan fingerprint density at radius 3 is 2.52 bits per heavy atom. The molecule has 1 aliphatic carbocycles. The number of carboxylic acids is 1. The van der Waals surface area contributed by atoms with Gasteiger partial charge in [0.1, 0.15) is 12.6 Å². The van der Waals surface area contributed by atoms with E-state index < -0.39 is 17.9 Å². The molecule has 7 heteroatoms. The van der Waals surface area contributed by atoms with E-state index in [9.17, 15) is 19.5 Å². The van der Waals surface area contributed by atoms with Crippen molar-refractivity contribution in [2.75, 3.05) is 13.1 Å². The molecule has 7 nitrogen and oxygen atoms in total. The number of aliphatic carboxylic acids is 1. The number of hydrogen-bond acceptors (Lipinski definition) is 3. The zero-order valence-electron chi connectivity index (χ0n) is 12.3. The van der Waals surface area contributed by atoms with Gasteiger partial charge in [-0.3, -0.25) is 4.79 Å². The third kappa shape index (κ3) is 3.11. The number of hydrogen-bond donors (Lipinski definition) is 2. The average Bonchev–Trinajstić information content (AvgIpc) is 2.83. The highest BCUT2D eigenvalue weighted by Gasteiger charge is 2.48. The van der Waals surface area contributed by atoms with E-state index in [4.69, 9.17) is 5.73 Å². The predicted octanol–water partition coefficient (Wildman–Crippen LogP) is 0.631. The molecule has 2 rings (SSSR count). The van der Waals surface area contributed by atoms with Crippen LogP contribution in [0.2, 0.25) is 0 Å². The third-order valence-corrected chi connectivity index (χ3v) is 4.59. The topological polar surface area (TPSA) is 104 Å². The lowest BCUT2D eigenvalue weighted by Crippen LogP contribution is -2.53. The number of fused-ring (bicyclic) bond motifs is 1. The molecule has 2 aliphatic rings. The Kier molecular flexibility index (Phi) is 4.69. The first kappa shape index (κ1) is 15.6. The normalized spacial score (nSPS) is 28.0. The van der Waals surface area contributed by atoms with Crippen LogP contribution < -0.4 is 5.73 Å². The Labute approximate surface area is 124 Å². The maximum absolute atomic E-state index is 12.7. The number of carboxylic acid groups (broad SMARTS) is 1. The number of rotatable bonds is 4. The van der Waals surface area contributed by atoms with Crippen molar-refractivity contribution >= 4 is 17.9 Å². The van der Waals surface area contributed by atoms with E-state index in [1.807, 2.05) is 0 Å². The molecule has 1 saturated heterocycles. The maximum Gasteiger partial charge on any atom is 0.326 e. The van der Waals surface area contributed by atoms with Gasteiger partial charge in [-0.1, -0.05) is 12.8 Å². The van der Waals surface area contributed by atoms with E-state index in [1.165, 1.54) is 9.80 Å². The van der Waals surface area contributed by atoms with Crippen molar-refractivity contribution in [3.63, 3.8) is 0 Å². The maximum atomic E-state index is 12.7. The summed E-state index contributed by atoms with van der Waals surface area (Å²) in [5.74, 6) is -1.29. The summed E-state index contributed by atoms with van der Waals surface area (Å²) in [6, 6.07) is -1.18. The van der Waals surface area contributed by atoms with Crippen molar-refractivity contribution < 1.29 is 19.5 Å². The van der Waals surface area contributed by atoms with E-state index in [0.29, 0.717) is 13.0 Å². The zero-order chi connectivity index (χ0) is 15.6. The molecule has 118 valence electrons. The van der Waals surface area contributed by atoms with Crippen molar-refractivity contribution in [2.24, 2.45) is 11.7 Å². The minimum absolute atomic E-state index is 0.0192. The minimum atomic E-state index is -0.965. The number of nitrogens with zero attached hydrogens (tertiary/aromatic N) is 2. The molecule has 1 saturated carbocycles. The van der Waals surface area contributed by atoms with Crippen molar-refractivity contribution in [1.82, 2.24) is 9.80 Å². The number of primary amides is 1. The zero-order valence-corrected chi connectivity index (χ0v) is 12.3. The largest absolute Gasteiger partial charge is 0.480 e. The molecule has 0 bridgehead atoms. The Morgan fingerprint density at radius 1 is 1.29 bits per heavy atom. The molecule has 2 fully saturated rings. The number of nitrogens with two attached hydrogens (primary N) is 1. The summed E-state index contributed by atoms with van der Waals surface area (Å²) in [7, 11) is 0. The smallest absolute Gasteiger partial charge is 0.326 e. The van der Waals surface area contributed by atoms with Gasteiger partial charge in [-0.05, 0) is 32.1 Å². The van der Waals surface area contributed by atoms with E-state index >= 15 is 0 Å². The van der Waals surface area contributed by atoms with Crippen molar-refractivity contribution in [3.05, 3.63) is 0 Å². The highest BCUT2D eigenvalue weighted by atomic mass is 16.4. The average molecular weight is 297 g/mol. The summed E-state index contributed by atoms with van der Waals surface area (Å²) in [4.78, 5) is 38.0. The Morgan fingerprint density at radius 2 is 1.95 bits per heavy atom. The van der Waals surface area contributed by atoms with Gasteiger partial charge >= 0.3 is 12.0 Å². The highest BCUT2D eigenvalue weighted by Crippen LogP contribution is 2.40. The fourth-order valence-electron chi connectivity index (χ4n) is 3.62. The number of carbonyl (C=O) groups is 3. The number of urea groups is 1. The van der Waals surface area contributed by atoms with Crippen LogP contribution in [0, 0.1) is 5.92 Å². The predicted molar refractivity (Wildman–Crippen MR) is 75.5 cm³/mol. The third-order valence-electron chi connectivity index (χ3n) is 4.59. The molecule has 3 amide bonds. The lowest BCUT2D eigenvalue weighted by Gasteiger charge is -2.36. The first-order valence-electron chi connectivity index (χ1n) is 7.54. The fraction of sp³-hybridized carbons (Fsp3) is 0.786. The van der Waals surface area contributed by atoms with Gasteiger partial charge in [0, 0.05) is 12.6 Å². The monoisotopic (exact) mass is 297 g/mol.